The molecule has 0 nitrogen and oxygen atoms in total. The lowest BCUT2D eigenvalue weighted by atomic mass is 10.4. The Balaban J connectivity index is 3.60. The fraction of sp³-hybridized carbons (Fsp3) is 0. The predicted molar refractivity (Wildman–Crippen MR) is 51.9 cm³/mol. The van der Waals surface area contributed by atoms with E-state index in [1.54, 1.807) is 0 Å². The molecule has 0 radical (unpaired) electrons. The molecule has 0 fully saturated rings. The molecule has 0 bridgehead atoms. The summed E-state index contributed by atoms with van der Waals surface area (Å²) in [4.78, 5) is 0. The molecule has 48 valence electrons. The fourth-order valence-electron chi connectivity index (χ4n) is 0.383. The lowest BCUT2D eigenvalue weighted by Gasteiger charge is -1.92. The van der Waals surface area contributed by atoms with Crippen LogP contribution in [0.4, 0.5) is 0 Å². The lowest BCUT2D eigenvalue weighted by Crippen LogP contribution is -1.70. The van der Waals surface area contributed by atoms with Crippen LogP contribution in [-0.4, -0.2) is 0 Å². The van der Waals surface area contributed by atoms with Gasteiger partial charge in [-0.2, -0.15) is 0 Å². The number of hydrogen-bond donors (Lipinski definition) is 0. The van der Waals surface area contributed by atoms with E-state index in [9.17, 15) is 0 Å². The molecule has 0 aliphatic rings. The van der Waals surface area contributed by atoms with E-state index in [4.69, 9.17) is 15.7 Å². The van der Waals surface area contributed by atoms with E-state index in [-0.39, 0.29) is 23.1 Å². The minimum atomic E-state index is 0.00656. The molecular weight excluding hydrogens is 314 g/mol. The van der Waals surface area contributed by atoms with Crippen LogP contribution in [0.15, 0.2) is 22.6 Å². The van der Waals surface area contributed by atoms with Crippen molar-refractivity contribution < 1.29 is 4.11 Å². The van der Waals surface area contributed by atoms with Crippen molar-refractivity contribution in [1.82, 2.24) is 0 Å². The highest BCUT2D eigenvalue weighted by Crippen LogP contribution is 2.20. The summed E-state index contributed by atoms with van der Waals surface area (Å²) in [7, 11) is 0. The zero-order valence-corrected chi connectivity index (χ0v) is 8.63. The number of benzene rings is 1. The van der Waals surface area contributed by atoms with Gasteiger partial charge in [0.15, 0.2) is 0 Å². The minimum Gasteiger partial charge on any atom is -0.0843 e. The maximum atomic E-state index is 7.47. The highest BCUT2D eigenvalue weighted by molar-refractivity contribution is 14.1. The topological polar surface area (TPSA) is 0 Å². The molecule has 0 saturated heterocycles. The van der Waals surface area contributed by atoms with Crippen molar-refractivity contribution in [2.24, 2.45) is 0 Å². The first-order chi connectivity index (χ1) is 5.46. The zero-order chi connectivity index (χ0) is 9.46. The molecular formula is C6H3BrClI. The molecule has 0 heterocycles. The van der Waals surface area contributed by atoms with Gasteiger partial charge in [-0.15, -0.1) is 0 Å². The first kappa shape index (κ1) is 4.57. The highest BCUT2D eigenvalue weighted by Gasteiger charge is 1.91. The minimum absolute atomic E-state index is 0.00656. The van der Waals surface area contributed by atoms with Gasteiger partial charge in [0, 0.05) is 13.1 Å². The van der Waals surface area contributed by atoms with Crippen LogP contribution in [0.3, 0.4) is 0 Å². The Morgan fingerprint density at radius 1 is 1.56 bits per heavy atom. The molecule has 1 aromatic carbocycles. The molecule has 9 heavy (non-hydrogen) atoms. The Morgan fingerprint density at radius 2 is 2.22 bits per heavy atom. The standard InChI is InChI=1S/C6H3BrClI/c7-4-1-5(8)3-6(9)2-4/h1-3H/i1D,2D,3D. The number of hydrogen-bond acceptors (Lipinski definition) is 0. The molecule has 0 saturated carbocycles. The molecule has 1 rings (SSSR count). The number of rotatable bonds is 0. The van der Waals surface area contributed by atoms with E-state index < -0.39 is 0 Å². The van der Waals surface area contributed by atoms with E-state index in [1.165, 1.54) is 0 Å². The molecule has 0 amide bonds. The Labute approximate surface area is 85.1 Å². The molecule has 0 aliphatic heterocycles. The second-order valence-corrected chi connectivity index (χ2v) is 3.57. The van der Waals surface area contributed by atoms with E-state index in [0.717, 1.165) is 0 Å². The van der Waals surface area contributed by atoms with Gasteiger partial charge in [0.2, 0.25) is 0 Å². The van der Waals surface area contributed by atoms with Crippen molar-refractivity contribution in [3.63, 3.8) is 0 Å². The number of halogens is 3. The van der Waals surface area contributed by atoms with E-state index in [1.807, 2.05) is 22.6 Å². The lowest BCUT2D eigenvalue weighted by molar-refractivity contribution is 1.60. The second-order valence-electron chi connectivity index (χ2n) is 1.32. The Bertz CT molecular complexity index is 237. The van der Waals surface area contributed by atoms with Crippen LogP contribution in [0.2, 0.25) is 5.02 Å². The van der Waals surface area contributed by atoms with Gasteiger partial charge in [0.25, 0.3) is 0 Å². The molecule has 0 N–H and O–H groups in total. The smallest absolute Gasteiger partial charge is 0.0650 e. The molecule has 0 aromatic heterocycles. The molecule has 0 spiro atoms. The molecule has 0 unspecified atom stereocenters. The average molecular weight is 320 g/mol. The van der Waals surface area contributed by atoms with Crippen LogP contribution in [0.25, 0.3) is 0 Å². The van der Waals surface area contributed by atoms with Crippen LogP contribution >= 0.6 is 50.1 Å². The van der Waals surface area contributed by atoms with E-state index in [2.05, 4.69) is 15.9 Å². The van der Waals surface area contributed by atoms with Crippen LogP contribution in [0.1, 0.15) is 4.11 Å². The quantitative estimate of drug-likeness (QED) is 0.639. The highest BCUT2D eigenvalue weighted by atomic mass is 127. The molecule has 0 aliphatic carbocycles. The van der Waals surface area contributed by atoms with Crippen LogP contribution in [0, 0.1) is 3.57 Å². The van der Waals surface area contributed by atoms with Crippen molar-refractivity contribution in [2.45, 2.75) is 0 Å². The van der Waals surface area contributed by atoms with Crippen molar-refractivity contribution in [2.75, 3.05) is 0 Å². The van der Waals surface area contributed by atoms with Crippen molar-refractivity contribution in [1.29, 1.82) is 0 Å². The largest absolute Gasteiger partial charge is 0.0843 e. The first-order valence-corrected chi connectivity index (χ1v) is 4.32. The summed E-state index contributed by atoms with van der Waals surface area (Å²) >= 11 is 10.6. The van der Waals surface area contributed by atoms with Crippen LogP contribution < -0.4 is 0 Å². The van der Waals surface area contributed by atoms with Gasteiger partial charge in [-0.1, -0.05) is 27.5 Å². The summed E-state index contributed by atoms with van der Waals surface area (Å²) in [6, 6.07) is 0.206. The summed E-state index contributed by atoms with van der Waals surface area (Å²) in [6.07, 6.45) is 0. The summed E-state index contributed by atoms with van der Waals surface area (Å²) in [5, 5.41) is 0.0854. The van der Waals surface area contributed by atoms with Gasteiger partial charge in [-0.3, -0.25) is 0 Å². The van der Waals surface area contributed by atoms with Gasteiger partial charge in [0.1, 0.15) is 0 Å². The third-order valence-corrected chi connectivity index (χ3v) is 1.78. The van der Waals surface area contributed by atoms with Crippen LogP contribution in [0.5, 0.6) is 0 Å². The maximum Gasteiger partial charge on any atom is 0.0650 e. The Hall–Kier alpha value is 0.720. The Morgan fingerprint density at radius 3 is 2.89 bits per heavy atom. The van der Waals surface area contributed by atoms with Gasteiger partial charge >= 0.3 is 0 Å². The average Bonchev–Trinajstić information content (AvgIpc) is 2.08. The summed E-state index contributed by atoms with van der Waals surface area (Å²) in [5.41, 5.74) is 0. The van der Waals surface area contributed by atoms with Gasteiger partial charge in [0.05, 0.1) is 4.11 Å². The van der Waals surface area contributed by atoms with E-state index >= 15 is 0 Å². The molecule has 1 aromatic rings. The van der Waals surface area contributed by atoms with Gasteiger partial charge in [-0.05, 0) is 40.7 Å². The third-order valence-electron chi connectivity index (χ3n) is 0.658. The predicted octanol–water partition coefficient (Wildman–Crippen LogP) is 3.71. The van der Waals surface area contributed by atoms with Crippen molar-refractivity contribution in [3.05, 3.63) is 31.2 Å². The van der Waals surface area contributed by atoms with Crippen molar-refractivity contribution >= 4 is 50.1 Å². The van der Waals surface area contributed by atoms with Gasteiger partial charge in [-0.25, -0.2) is 0 Å². The maximum absolute atomic E-state index is 7.47. The third kappa shape index (κ3) is 2.43. The Kier molecular flexibility index (Phi) is 1.63. The summed E-state index contributed by atoms with van der Waals surface area (Å²) in [5.74, 6) is 0. The second kappa shape index (κ2) is 3.21. The van der Waals surface area contributed by atoms with Crippen molar-refractivity contribution in [3.8, 4) is 0 Å². The van der Waals surface area contributed by atoms with Gasteiger partial charge < -0.3 is 0 Å². The molecule has 3 heteroatoms. The summed E-state index contributed by atoms with van der Waals surface area (Å²) < 4.78 is 23.1. The summed E-state index contributed by atoms with van der Waals surface area (Å²) in [6.45, 7) is 0. The normalized spacial score (nSPS) is 14.3. The fourth-order valence-corrected chi connectivity index (χ4v) is 2.15. The monoisotopic (exact) mass is 319 g/mol. The van der Waals surface area contributed by atoms with E-state index in [0.29, 0.717) is 8.04 Å². The SMILES string of the molecule is [2H]c1c(Cl)c([2H])c(I)c([2H])c1Br. The molecule has 0 atom stereocenters. The first-order valence-electron chi connectivity index (χ1n) is 3.57. The zero-order valence-electron chi connectivity index (χ0n) is 7.13. The van der Waals surface area contributed by atoms with Crippen LogP contribution in [-0.2, 0) is 0 Å².